The SMILES string of the molecule is CSC1=C(SC)SC(=C2SC(SC)=C(SCCN=[N+]=[N-])S2)S1. The van der Waals surface area contributed by atoms with Crippen molar-refractivity contribution in [3.05, 3.63) is 35.9 Å². The summed E-state index contributed by atoms with van der Waals surface area (Å²) in [5.74, 6) is 0.838. The van der Waals surface area contributed by atoms with Gasteiger partial charge in [0.05, 0.1) is 25.4 Å². The van der Waals surface area contributed by atoms with Gasteiger partial charge in [-0.05, 0) is 24.3 Å². The van der Waals surface area contributed by atoms with Gasteiger partial charge in [0.25, 0.3) is 0 Å². The number of rotatable bonds is 7. The second-order valence-corrected chi connectivity index (χ2v) is 12.7. The summed E-state index contributed by atoms with van der Waals surface area (Å²) < 4.78 is 8.33. The zero-order valence-corrected chi connectivity index (χ0v) is 18.6. The van der Waals surface area contributed by atoms with Gasteiger partial charge in [0.2, 0.25) is 0 Å². The predicted molar refractivity (Wildman–Crippen MR) is 118 cm³/mol. The van der Waals surface area contributed by atoms with E-state index in [-0.39, 0.29) is 0 Å². The molecule has 0 aromatic carbocycles. The van der Waals surface area contributed by atoms with Crippen molar-refractivity contribution in [1.82, 2.24) is 0 Å². The highest BCUT2D eigenvalue weighted by molar-refractivity contribution is 8.44. The second-order valence-electron chi connectivity index (χ2n) is 3.55. The molecule has 0 aliphatic carbocycles. The lowest BCUT2D eigenvalue weighted by atomic mass is 10.8. The largest absolute Gasteiger partial charge is 0.121 e. The van der Waals surface area contributed by atoms with Crippen molar-refractivity contribution in [2.45, 2.75) is 0 Å². The highest BCUT2D eigenvalue weighted by Gasteiger charge is 2.29. The first-order valence-corrected chi connectivity index (χ1v) is 13.9. The fourth-order valence-electron chi connectivity index (χ4n) is 1.40. The molecule has 2 aliphatic heterocycles. The van der Waals surface area contributed by atoms with Gasteiger partial charge < -0.3 is 0 Å². The molecule has 0 saturated heterocycles. The maximum Gasteiger partial charge on any atom is 0.0717 e. The third kappa shape index (κ3) is 5.16. The standard InChI is InChI=1S/C11H13N3S8/c1-15-6-7(16-2)20-10(19-6)11-21-8(17-3)9(22-11)18-5-4-13-14-12/h4-5H2,1-3H3. The Morgan fingerprint density at radius 2 is 1.32 bits per heavy atom. The normalized spacial score (nSPS) is 18.5. The van der Waals surface area contributed by atoms with Crippen molar-refractivity contribution < 1.29 is 0 Å². The van der Waals surface area contributed by atoms with E-state index in [1.54, 1.807) is 23.5 Å². The van der Waals surface area contributed by atoms with E-state index in [1.807, 2.05) is 70.6 Å². The average Bonchev–Trinajstić information content (AvgIpc) is 3.14. The minimum atomic E-state index is 0.543. The topological polar surface area (TPSA) is 48.8 Å². The van der Waals surface area contributed by atoms with E-state index in [0.29, 0.717) is 6.54 Å². The molecule has 11 heteroatoms. The van der Waals surface area contributed by atoms with Crippen molar-refractivity contribution in [3.63, 3.8) is 0 Å². The van der Waals surface area contributed by atoms with Crippen LogP contribution in [-0.2, 0) is 0 Å². The summed E-state index contributed by atoms with van der Waals surface area (Å²) in [4.78, 5) is 2.80. The molecule has 0 saturated carbocycles. The lowest BCUT2D eigenvalue weighted by Gasteiger charge is -2.02. The number of azide groups is 1. The minimum absolute atomic E-state index is 0.543. The smallest absolute Gasteiger partial charge is 0.0717 e. The Bertz CT molecular complexity index is 558. The molecule has 0 unspecified atom stereocenters. The predicted octanol–water partition coefficient (Wildman–Crippen LogP) is 7.46. The quantitative estimate of drug-likeness (QED) is 0.174. The molecule has 2 aliphatic rings. The Morgan fingerprint density at radius 3 is 1.77 bits per heavy atom. The van der Waals surface area contributed by atoms with Crippen molar-refractivity contribution >= 4 is 94.1 Å². The lowest BCUT2D eigenvalue weighted by molar-refractivity contribution is 1.12. The minimum Gasteiger partial charge on any atom is -0.121 e. The van der Waals surface area contributed by atoms with Crippen LogP contribution in [0.3, 0.4) is 0 Å². The molecular formula is C11H13N3S8. The molecule has 3 nitrogen and oxygen atoms in total. The molecule has 2 heterocycles. The van der Waals surface area contributed by atoms with Gasteiger partial charge in [0.15, 0.2) is 0 Å². The first kappa shape index (κ1) is 19.7. The first-order valence-electron chi connectivity index (χ1n) is 5.93. The first-order chi connectivity index (χ1) is 10.7. The molecule has 0 atom stereocenters. The van der Waals surface area contributed by atoms with Crippen molar-refractivity contribution in [2.75, 3.05) is 31.1 Å². The van der Waals surface area contributed by atoms with E-state index in [2.05, 4.69) is 28.8 Å². The van der Waals surface area contributed by atoms with E-state index in [1.165, 1.54) is 25.4 Å². The Hall–Kier alpha value is 1.33. The fraction of sp³-hybridized carbons (Fsp3) is 0.455. The monoisotopic (exact) mass is 443 g/mol. The van der Waals surface area contributed by atoms with Crippen LogP contribution >= 0.6 is 94.1 Å². The zero-order valence-electron chi connectivity index (χ0n) is 12.0. The lowest BCUT2D eigenvalue weighted by Crippen LogP contribution is -1.82. The van der Waals surface area contributed by atoms with Crippen LogP contribution in [0.25, 0.3) is 10.4 Å². The Labute approximate surface area is 164 Å². The molecule has 2 rings (SSSR count). The third-order valence-electron chi connectivity index (χ3n) is 2.29. The van der Waals surface area contributed by atoms with Crippen LogP contribution in [0.5, 0.6) is 0 Å². The summed E-state index contributed by atoms with van der Waals surface area (Å²) in [5.41, 5.74) is 8.34. The van der Waals surface area contributed by atoms with E-state index >= 15 is 0 Å². The highest BCUT2D eigenvalue weighted by Crippen LogP contribution is 2.65. The molecule has 0 N–H and O–H groups in total. The van der Waals surface area contributed by atoms with Gasteiger partial charge in [-0.3, -0.25) is 0 Å². The zero-order chi connectivity index (χ0) is 15.9. The maximum atomic E-state index is 8.34. The van der Waals surface area contributed by atoms with Gasteiger partial charge in [-0.25, -0.2) is 0 Å². The summed E-state index contributed by atoms with van der Waals surface area (Å²) in [6.07, 6.45) is 6.41. The molecule has 0 aromatic heterocycles. The van der Waals surface area contributed by atoms with Gasteiger partial charge in [0.1, 0.15) is 0 Å². The van der Waals surface area contributed by atoms with Crippen LogP contribution in [-0.4, -0.2) is 31.1 Å². The second kappa shape index (κ2) is 10.4. The molecule has 0 radical (unpaired) electrons. The summed E-state index contributed by atoms with van der Waals surface area (Å²) in [6, 6.07) is 0. The van der Waals surface area contributed by atoms with Crippen LogP contribution in [0.4, 0.5) is 0 Å². The van der Waals surface area contributed by atoms with Crippen LogP contribution in [0, 0.1) is 0 Å². The molecule has 0 spiro atoms. The number of thioether (sulfide) groups is 8. The number of hydrogen-bond acceptors (Lipinski definition) is 9. The molecule has 120 valence electrons. The summed E-state index contributed by atoms with van der Waals surface area (Å²) in [7, 11) is 0. The van der Waals surface area contributed by atoms with Crippen LogP contribution in [0.1, 0.15) is 0 Å². The maximum absolute atomic E-state index is 8.34. The molecule has 0 bridgehead atoms. The van der Waals surface area contributed by atoms with E-state index in [9.17, 15) is 0 Å². The van der Waals surface area contributed by atoms with Crippen molar-refractivity contribution in [2.24, 2.45) is 5.11 Å². The average molecular weight is 444 g/mol. The summed E-state index contributed by atoms with van der Waals surface area (Å²) >= 11 is 14.8. The Balaban J connectivity index is 2.03. The highest BCUT2D eigenvalue weighted by atomic mass is 32.3. The van der Waals surface area contributed by atoms with Crippen LogP contribution in [0.2, 0.25) is 0 Å². The van der Waals surface area contributed by atoms with E-state index < -0.39 is 0 Å². The Morgan fingerprint density at radius 1 is 0.864 bits per heavy atom. The van der Waals surface area contributed by atoms with Crippen molar-refractivity contribution in [3.8, 4) is 0 Å². The molecular weight excluding hydrogens is 431 g/mol. The fourth-order valence-corrected chi connectivity index (χ4v) is 12.0. The molecule has 0 fully saturated rings. The van der Waals surface area contributed by atoms with E-state index in [0.717, 1.165) is 5.75 Å². The van der Waals surface area contributed by atoms with Gasteiger partial charge in [-0.15, -0.1) is 47.0 Å². The van der Waals surface area contributed by atoms with E-state index in [4.69, 9.17) is 5.53 Å². The van der Waals surface area contributed by atoms with Gasteiger partial charge in [-0.2, -0.15) is 0 Å². The number of nitrogens with zero attached hydrogens (tertiary/aromatic N) is 3. The molecule has 22 heavy (non-hydrogen) atoms. The summed E-state index contributed by atoms with van der Waals surface area (Å²) in [6.45, 7) is 0.543. The van der Waals surface area contributed by atoms with Gasteiger partial charge >= 0.3 is 0 Å². The number of hydrogen-bond donors (Lipinski definition) is 0. The molecule has 0 amide bonds. The van der Waals surface area contributed by atoms with Gasteiger partial charge in [0, 0.05) is 17.2 Å². The van der Waals surface area contributed by atoms with Gasteiger partial charge in [-0.1, -0.05) is 52.2 Å². The van der Waals surface area contributed by atoms with Crippen molar-refractivity contribution in [1.29, 1.82) is 0 Å². The van der Waals surface area contributed by atoms with Crippen LogP contribution in [0.15, 0.2) is 30.5 Å². The van der Waals surface area contributed by atoms with Crippen LogP contribution < -0.4 is 0 Å². The Kier molecular flexibility index (Phi) is 9.25. The third-order valence-corrected chi connectivity index (χ3v) is 13.4. The summed E-state index contributed by atoms with van der Waals surface area (Å²) in [5, 5.41) is 3.60. The molecule has 0 aromatic rings.